The van der Waals surface area contributed by atoms with Gasteiger partial charge in [-0.25, -0.2) is 0 Å². The Balaban J connectivity index is 2.41. The number of hydrogen-bond donors (Lipinski definition) is 0. The molecule has 0 aromatic heterocycles. The number of carbonyl (C=O) groups excluding carboxylic acids is 1. The molecule has 1 atom stereocenters. The lowest BCUT2D eigenvalue weighted by atomic mass is 10.1. The third-order valence-electron chi connectivity index (χ3n) is 2.52. The molecule has 21 heavy (non-hydrogen) atoms. The Hall–Kier alpha value is -2.04. The van der Waals surface area contributed by atoms with Gasteiger partial charge in [-0.05, 0) is 38.3 Å². The minimum absolute atomic E-state index is 0.297. The average molecular weight is 291 g/mol. The fourth-order valence-corrected chi connectivity index (χ4v) is 1.61. The van der Waals surface area contributed by atoms with Crippen LogP contribution in [0.4, 0.5) is 0 Å². The van der Waals surface area contributed by atoms with Gasteiger partial charge in [0.15, 0.2) is 0 Å². The maximum atomic E-state index is 11.9. The van der Waals surface area contributed by atoms with Gasteiger partial charge in [0.2, 0.25) is 0 Å². The van der Waals surface area contributed by atoms with E-state index in [1.807, 2.05) is 30.3 Å². The second kappa shape index (κ2) is 8.29. The molecule has 6 heteroatoms. The number of benzene rings is 1. The molecule has 0 aliphatic rings. The number of azide groups is 1. The Morgan fingerprint density at radius 3 is 2.57 bits per heavy atom. The summed E-state index contributed by atoms with van der Waals surface area (Å²) in [6.45, 7) is 6.08. The van der Waals surface area contributed by atoms with Gasteiger partial charge in [-0.1, -0.05) is 35.4 Å². The van der Waals surface area contributed by atoms with E-state index in [0.717, 1.165) is 5.56 Å². The van der Waals surface area contributed by atoms with Crippen LogP contribution in [0.3, 0.4) is 0 Å². The molecule has 0 aliphatic heterocycles. The summed E-state index contributed by atoms with van der Waals surface area (Å²) in [6.07, 6.45) is 0.297. The summed E-state index contributed by atoms with van der Waals surface area (Å²) < 4.78 is 10.7. The Kier molecular flexibility index (Phi) is 6.72. The molecule has 0 radical (unpaired) electrons. The highest BCUT2D eigenvalue weighted by atomic mass is 16.6. The van der Waals surface area contributed by atoms with Gasteiger partial charge in [-0.2, -0.15) is 0 Å². The smallest absolute Gasteiger partial charge is 0.315 e. The maximum Gasteiger partial charge on any atom is 0.315 e. The fraction of sp³-hybridized carbons (Fsp3) is 0.533. The van der Waals surface area contributed by atoms with Crippen molar-refractivity contribution >= 4 is 5.97 Å². The van der Waals surface area contributed by atoms with Crippen molar-refractivity contribution < 1.29 is 14.3 Å². The first-order chi connectivity index (χ1) is 9.92. The van der Waals surface area contributed by atoms with E-state index in [4.69, 9.17) is 15.0 Å². The molecular formula is C15H21N3O3. The summed E-state index contributed by atoms with van der Waals surface area (Å²) in [5, 5.41) is 3.48. The van der Waals surface area contributed by atoms with Crippen molar-refractivity contribution in [2.75, 3.05) is 6.61 Å². The van der Waals surface area contributed by atoms with Crippen LogP contribution in [0.15, 0.2) is 35.4 Å². The van der Waals surface area contributed by atoms with Crippen LogP contribution >= 0.6 is 0 Å². The SMILES string of the molecule is CC(C)(C)OC(=O)[C@H](CCOCc1ccccc1)N=[N+]=[N-]. The largest absolute Gasteiger partial charge is 0.460 e. The molecule has 1 aromatic rings. The van der Waals surface area contributed by atoms with Crippen molar-refractivity contribution in [3.8, 4) is 0 Å². The fourth-order valence-electron chi connectivity index (χ4n) is 1.61. The lowest BCUT2D eigenvalue weighted by molar-refractivity contribution is -0.156. The predicted octanol–water partition coefficient (Wildman–Crippen LogP) is 3.61. The van der Waals surface area contributed by atoms with E-state index < -0.39 is 17.6 Å². The van der Waals surface area contributed by atoms with Gasteiger partial charge in [-0.15, -0.1) is 0 Å². The molecule has 0 aliphatic carbocycles. The zero-order valence-corrected chi connectivity index (χ0v) is 12.7. The lowest BCUT2D eigenvalue weighted by Crippen LogP contribution is -2.31. The van der Waals surface area contributed by atoms with Crippen LogP contribution in [0.5, 0.6) is 0 Å². The summed E-state index contributed by atoms with van der Waals surface area (Å²) in [6, 6.07) is 8.86. The molecular weight excluding hydrogens is 270 g/mol. The van der Waals surface area contributed by atoms with Crippen molar-refractivity contribution in [2.24, 2.45) is 5.11 Å². The minimum Gasteiger partial charge on any atom is -0.460 e. The standard InChI is InChI=1S/C15H21N3O3/c1-15(2,3)21-14(19)13(17-18-16)9-10-20-11-12-7-5-4-6-8-12/h4-8,13H,9-11H2,1-3H3/t13-/m0/s1. The summed E-state index contributed by atoms with van der Waals surface area (Å²) in [4.78, 5) is 14.6. The highest BCUT2D eigenvalue weighted by molar-refractivity contribution is 5.76. The van der Waals surface area contributed by atoms with Gasteiger partial charge in [-0.3, -0.25) is 4.79 Å². The molecule has 0 heterocycles. The van der Waals surface area contributed by atoms with Crippen LogP contribution in [-0.2, 0) is 20.9 Å². The first-order valence-electron chi connectivity index (χ1n) is 6.81. The lowest BCUT2D eigenvalue weighted by Gasteiger charge is -2.22. The quantitative estimate of drug-likeness (QED) is 0.253. The van der Waals surface area contributed by atoms with E-state index in [9.17, 15) is 4.79 Å². The van der Waals surface area contributed by atoms with E-state index in [1.165, 1.54) is 0 Å². The van der Waals surface area contributed by atoms with Gasteiger partial charge < -0.3 is 9.47 Å². The zero-order valence-electron chi connectivity index (χ0n) is 12.7. The van der Waals surface area contributed by atoms with Gasteiger partial charge >= 0.3 is 5.97 Å². The summed E-state index contributed by atoms with van der Waals surface area (Å²) >= 11 is 0. The molecule has 114 valence electrons. The van der Waals surface area contributed by atoms with Crippen LogP contribution in [0, 0.1) is 0 Å². The van der Waals surface area contributed by atoms with E-state index in [0.29, 0.717) is 19.6 Å². The Morgan fingerprint density at radius 1 is 1.33 bits per heavy atom. The van der Waals surface area contributed by atoms with E-state index >= 15 is 0 Å². The molecule has 1 rings (SSSR count). The first-order valence-corrected chi connectivity index (χ1v) is 6.81. The van der Waals surface area contributed by atoms with Crippen molar-refractivity contribution in [3.63, 3.8) is 0 Å². The predicted molar refractivity (Wildman–Crippen MR) is 79.5 cm³/mol. The zero-order chi connectivity index (χ0) is 15.7. The summed E-state index contributed by atoms with van der Waals surface area (Å²) in [5.74, 6) is -0.524. The normalized spacial score (nSPS) is 12.3. The van der Waals surface area contributed by atoms with Crippen LogP contribution in [-0.4, -0.2) is 24.2 Å². The Bertz CT molecular complexity index is 491. The van der Waals surface area contributed by atoms with Crippen LogP contribution < -0.4 is 0 Å². The van der Waals surface area contributed by atoms with Crippen molar-refractivity contribution in [3.05, 3.63) is 46.3 Å². The molecule has 0 amide bonds. The second-order valence-electron chi connectivity index (χ2n) is 5.58. The number of carbonyl (C=O) groups is 1. The van der Waals surface area contributed by atoms with Gasteiger partial charge in [0, 0.05) is 11.5 Å². The minimum atomic E-state index is -0.856. The van der Waals surface area contributed by atoms with Gasteiger partial charge in [0.05, 0.1) is 6.61 Å². The van der Waals surface area contributed by atoms with E-state index in [2.05, 4.69) is 10.0 Å². The highest BCUT2D eigenvalue weighted by Crippen LogP contribution is 2.12. The third-order valence-corrected chi connectivity index (χ3v) is 2.52. The number of ether oxygens (including phenoxy) is 2. The van der Waals surface area contributed by atoms with Crippen LogP contribution in [0.2, 0.25) is 0 Å². The maximum absolute atomic E-state index is 11.9. The van der Waals surface area contributed by atoms with E-state index in [-0.39, 0.29) is 0 Å². The number of rotatable bonds is 7. The highest BCUT2D eigenvalue weighted by Gasteiger charge is 2.24. The number of nitrogens with zero attached hydrogens (tertiary/aromatic N) is 3. The molecule has 0 saturated heterocycles. The molecule has 0 spiro atoms. The molecule has 0 N–H and O–H groups in total. The topological polar surface area (TPSA) is 84.3 Å². The van der Waals surface area contributed by atoms with Crippen molar-refractivity contribution in [1.82, 2.24) is 0 Å². The monoisotopic (exact) mass is 291 g/mol. The molecule has 6 nitrogen and oxygen atoms in total. The average Bonchev–Trinajstić information content (AvgIpc) is 2.41. The van der Waals surface area contributed by atoms with Gasteiger partial charge in [0.1, 0.15) is 11.6 Å². The summed E-state index contributed by atoms with van der Waals surface area (Å²) in [7, 11) is 0. The Labute approximate surface area is 124 Å². The number of esters is 1. The molecule has 0 saturated carbocycles. The molecule has 0 fully saturated rings. The van der Waals surface area contributed by atoms with E-state index in [1.54, 1.807) is 20.8 Å². The molecule has 0 unspecified atom stereocenters. The summed E-state index contributed by atoms with van der Waals surface area (Å²) in [5.41, 5.74) is 8.97. The number of hydrogen-bond acceptors (Lipinski definition) is 4. The second-order valence-corrected chi connectivity index (χ2v) is 5.58. The van der Waals surface area contributed by atoms with Crippen LogP contribution in [0.25, 0.3) is 10.4 Å². The van der Waals surface area contributed by atoms with Crippen molar-refractivity contribution in [1.29, 1.82) is 0 Å². The molecule has 1 aromatic carbocycles. The van der Waals surface area contributed by atoms with Crippen molar-refractivity contribution in [2.45, 2.75) is 45.4 Å². The Morgan fingerprint density at radius 2 is 2.00 bits per heavy atom. The van der Waals surface area contributed by atoms with Gasteiger partial charge in [0.25, 0.3) is 0 Å². The first kappa shape index (κ1) is 17.0. The van der Waals surface area contributed by atoms with Crippen LogP contribution in [0.1, 0.15) is 32.8 Å². The molecule has 0 bridgehead atoms. The third kappa shape index (κ3) is 7.34.